The number of hydrogen-bond acceptors (Lipinski definition) is 4. The third-order valence-corrected chi connectivity index (χ3v) is 6.51. The summed E-state index contributed by atoms with van der Waals surface area (Å²) < 4.78 is 5.35. The molecule has 1 spiro atoms. The second-order valence-corrected chi connectivity index (χ2v) is 9.23. The molecule has 170 valence electrons. The van der Waals surface area contributed by atoms with Crippen LogP contribution >= 0.6 is 0 Å². The van der Waals surface area contributed by atoms with Crippen LogP contribution in [0.4, 0.5) is 4.79 Å². The van der Waals surface area contributed by atoms with Crippen LogP contribution in [0.3, 0.4) is 0 Å². The van der Waals surface area contributed by atoms with Crippen molar-refractivity contribution in [1.29, 1.82) is 0 Å². The maximum absolute atomic E-state index is 13.5. The predicted octanol–water partition coefficient (Wildman–Crippen LogP) is 4.29. The van der Waals surface area contributed by atoms with E-state index in [0.29, 0.717) is 25.9 Å². The summed E-state index contributed by atoms with van der Waals surface area (Å²) >= 11 is 0. The normalized spacial score (nSPS) is 19.2. The molecule has 0 N–H and O–H groups in total. The number of benzene rings is 1. The van der Waals surface area contributed by atoms with Gasteiger partial charge in [0, 0.05) is 32.7 Å². The summed E-state index contributed by atoms with van der Waals surface area (Å²) in [6.07, 6.45) is 7.85. The van der Waals surface area contributed by atoms with E-state index in [1.165, 1.54) is 10.5 Å². The molecule has 6 heteroatoms. The van der Waals surface area contributed by atoms with Crippen LogP contribution in [0.5, 0.6) is 0 Å². The number of amides is 3. The van der Waals surface area contributed by atoms with Gasteiger partial charge in [-0.05, 0) is 49.0 Å². The molecule has 1 aromatic heterocycles. The van der Waals surface area contributed by atoms with Gasteiger partial charge in [0.2, 0.25) is 0 Å². The SMILES string of the molecule is CC(C)CN1C(=O)N(CCc2ccccc2)C2(CCN(CC=Cc3ccco3)CC2)C1=O. The van der Waals surface area contributed by atoms with E-state index in [0.717, 1.165) is 31.8 Å². The maximum Gasteiger partial charge on any atom is 0.327 e. The molecule has 2 aliphatic rings. The third kappa shape index (κ3) is 4.65. The Balaban J connectivity index is 1.45. The van der Waals surface area contributed by atoms with E-state index in [1.807, 2.05) is 55.2 Å². The molecule has 1 aromatic carbocycles. The van der Waals surface area contributed by atoms with Gasteiger partial charge < -0.3 is 9.32 Å². The highest BCUT2D eigenvalue weighted by atomic mass is 16.3. The second-order valence-electron chi connectivity index (χ2n) is 9.23. The summed E-state index contributed by atoms with van der Waals surface area (Å²) in [5.74, 6) is 1.09. The molecule has 2 saturated heterocycles. The van der Waals surface area contributed by atoms with Crippen molar-refractivity contribution < 1.29 is 14.0 Å². The number of nitrogens with zero attached hydrogens (tertiary/aromatic N) is 3. The molecule has 0 saturated carbocycles. The lowest BCUT2D eigenvalue weighted by atomic mass is 9.85. The highest BCUT2D eigenvalue weighted by Gasteiger charge is 2.57. The molecule has 0 atom stereocenters. The molecule has 2 aliphatic heterocycles. The van der Waals surface area contributed by atoms with Gasteiger partial charge in [0.25, 0.3) is 5.91 Å². The Bertz CT molecular complexity index is 928. The maximum atomic E-state index is 13.5. The highest BCUT2D eigenvalue weighted by Crippen LogP contribution is 2.37. The zero-order chi connectivity index (χ0) is 22.6. The lowest BCUT2D eigenvalue weighted by Crippen LogP contribution is -2.57. The fourth-order valence-electron chi connectivity index (χ4n) is 4.80. The highest BCUT2D eigenvalue weighted by molar-refractivity contribution is 6.07. The van der Waals surface area contributed by atoms with Gasteiger partial charge >= 0.3 is 6.03 Å². The average molecular weight is 436 g/mol. The quantitative estimate of drug-likeness (QED) is 0.581. The van der Waals surface area contributed by atoms with Crippen molar-refractivity contribution in [2.45, 2.75) is 38.6 Å². The number of hydrogen-bond donors (Lipinski definition) is 0. The first-order valence-electron chi connectivity index (χ1n) is 11.6. The Labute approximate surface area is 190 Å². The summed E-state index contributed by atoms with van der Waals surface area (Å²) in [5.41, 5.74) is 0.479. The number of carbonyl (C=O) groups is 2. The summed E-state index contributed by atoms with van der Waals surface area (Å²) in [7, 11) is 0. The fourth-order valence-corrected chi connectivity index (χ4v) is 4.80. The molecule has 0 unspecified atom stereocenters. The first kappa shape index (κ1) is 22.3. The minimum Gasteiger partial charge on any atom is -0.465 e. The summed E-state index contributed by atoms with van der Waals surface area (Å²) in [4.78, 5) is 32.6. The van der Waals surface area contributed by atoms with Crippen LogP contribution in [0.1, 0.15) is 38.0 Å². The van der Waals surface area contributed by atoms with Gasteiger partial charge in [-0.15, -0.1) is 0 Å². The van der Waals surface area contributed by atoms with Crippen LogP contribution < -0.4 is 0 Å². The topological polar surface area (TPSA) is 57.0 Å². The summed E-state index contributed by atoms with van der Waals surface area (Å²) in [6.45, 7) is 7.54. The minimum absolute atomic E-state index is 0.00459. The van der Waals surface area contributed by atoms with Crippen molar-refractivity contribution in [3.63, 3.8) is 0 Å². The molecule has 2 aromatic rings. The van der Waals surface area contributed by atoms with Gasteiger partial charge in [-0.3, -0.25) is 14.6 Å². The lowest BCUT2D eigenvalue weighted by Gasteiger charge is -2.42. The molecule has 3 amide bonds. The van der Waals surface area contributed by atoms with Gasteiger partial charge in [-0.2, -0.15) is 0 Å². The van der Waals surface area contributed by atoms with Crippen molar-refractivity contribution in [1.82, 2.24) is 14.7 Å². The van der Waals surface area contributed by atoms with E-state index < -0.39 is 5.54 Å². The van der Waals surface area contributed by atoms with Crippen LogP contribution in [-0.2, 0) is 11.2 Å². The van der Waals surface area contributed by atoms with Gasteiger partial charge in [-0.25, -0.2) is 4.79 Å². The standard InChI is InChI=1S/C26H33N3O3/c1-21(2)20-28-24(30)26(29(25(28)31)16-12-22-8-4-3-5-9-22)13-17-27(18-14-26)15-6-10-23-11-7-19-32-23/h3-11,19,21H,12-18,20H2,1-2H3. The van der Waals surface area contributed by atoms with E-state index >= 15 is 0 Å². The number of urea groups is 1. The van der Waals surface area contributed by atoms with Crippen LogP contribution in [0, 0.1) is 5.92 Å². The van der Waals surface area contributed by atoms with Crippen molar-refractivity contribution in [2.24, 2.45) is 5.92 Å². The first-order chi connectivity index (χ1) is 15.5. The minimum atomic E-state index is -0.706. The lowest BCUT2D eigenvalue weighted by molar-refractivity contribution is -0.135. The Morgan fingerprint density at radius 1 is 1.06 bits per heavy atom. The van der Waals surface area contributed by atoms with Crippen molar-refractivity contribution >= 4 is 18.0 Å². The number of carbonyl (C=O) groups excluding carboxylic acids is 2. The van der Waals surface area contributed by atoms with Crippen molar-refractivity contribution in [3.8, 4) is 0 Å². The van der Waals surface area contributed by atoms with Crippen LogP contribution in [0.2, 0.25) is 0 Å². The third-order valence-electron chi connectivity index (χ3n) is 6.51. The van der Waals surface area contributed by atoms with Gasteiger partial charge in [-0.1, -0.05) is 50.3 Å². The van der Waals surface area contributed by atoms with Crippen molar-refractivity contribution in [3.05, 3.63) is 66.1 Å². The molecular weight excluding hydrogens is 402 g/mol. The smallest absolute Gasteiger partial charge is 0.327 e. The molecule has 32 heavy (non-hydrogen) atoms. The summed E-state index contributed by atoms with van der Waals surface area (Å²) in [5, 5.41) is 0. The Morgan fingerprint density at radius 2 is 1.81 bits per heavy atom. The Morgan fingerprint density at radius 3 is 2.47 bits per heavy atom. The van der Waals surface area contributed by atoms with Crippen LogP contribution in [0.25, 0.3) is 6.08 Å². The number of likely N-dealkylation sites (tertiary alicyclic amines) is 1. The number of furan rings is 1. The molecule has 2 fully saturated rings. The number of imide groups is 1. The first-order valence-corrected chi connectivity index (χ1v) is 11.6. The molecule has 4 rings (SSSR count). The molecule has 0 radical (unpaired) electrons. The summed E-state index contributed by atoms with van der Waals surface area (Å²) in [6, 6.07) is 13.9. The Kier molecular flexibility index (Phi) is 6.80. The van der Waals surface area contributed by atoms with Gasteiger partial charge in [0.1, 0.15) is 11.3 Å². The van der Waals surface area contributed by atoms with E-state index in [2.05, 4.69) is 23.1 Å². The zero-order valence-corrected chi connectivity index (χ0v) is 19.1. The number of rotatable bonds is 8. The number of piperidine rings is 1. The largest absolute Gasteiger partial charge is 0.465 e. The second kappa shape index (κ2) is 9.74. The van der Waals surface area contributed by atoms with Gasteiger partial charge in [0.15, 0.2) is 0 Å². The van der Waals surface area contributed by atoms with E-state index in [4.69, 9.17) is 4.42 Å². The zero-order valence-electron chi connectivity index (χ0n) is 19.1. The molecule has 6 nitrogen and oxygen atoms in total. The van der Waals surface area contributed by atoms with Crippen LogP contribution in [-0.4, -0.2) is 64.9 Å². The monoisotopic (exact) mass is 435 g/mol. The molecule has 3 heterocycles. The molecule has 0 aliphatic carbocycles. The Hall–Kier alpha value is -2.86. The van der Waals surface area contributed by atoms with Gasteiger partial charge in [0.05, 0.1) is 6.26 Å². The fraction of sp³-hybridized carbons (Fsp3) is 0.462. The van der Waals surface area contributed by atoms with Crippen molar-refractivity contribution in [2.75, 3.05) is 32.7 Å². The van der Waals surface area contributed by atoms with E-state index in [1.54, 1.807) is 6.26 Å². The average Bonchev–Trinajstić information content (AvgIpc) is 3.37. The molecular formula is C26H33N3O3. The van der Waals surface area contributed by atoms with E-state index in [9.17, 15) is 9.59 Å². The molecule has 0 bridgehead atoms. The predicted molar refractivity (Wildman–Crippen MR) is 125 cm³/mol. The van der Waals surface area contributed by atoms with E-state index in [-0.39, 0.29) is 17.9 Å². The van der Waals surface area contributed by atoms with Crippen LogP contribution in [0.15, 0.2) is 59.2 Å².